The summed E-state index contributed by atoms with van der Waals surface area (Å²) in [5.74, 6) is 0.875. The van der Waals surface area contributed by atoms with Crippen molar-refractivity contribution >= 4 is 28.4 Å². The number of fused-ring (bicyclic) bond motifs is 1. The Bertz CT molecular complexity index is 1090. The summed E-state index contributed by atoms with van der Waals surface area (Å²) < 4.78 is 7.05. The van der Waals surface area contributed by atoms with Crippen molar-refractivity contribution in [2.24, 2.45) is 0 Å². The largest absolute Gasteiger partial charge is 0.497 e. The first-order valence-corrected chi connectivity index (χ1v) is 11.0. The molecule has 29 heavy (non-hydrogen) atoms. The highest BCUT2D eigenvalue weighted by Gasteiger charge is 2.22. The van der Waals surface area contributed by atoms with Gasteiger partial charge in [0, 0.05) is 11.6 Å². The standard InChI is InChI=1S/C23H24N2O3S/c1-28-18-11-7-8-16(14-18)21(26)15-29-23-24-20-13-6-5-12-19(20)22(27)25(23)17-9-3-2-4-10-17/h5-8,11-14,17H,2-4,9-10,15H2,1H3. The summed E-state index contributed by atoms with van der Waals surface area (Å²) in [4.78, 5) is 30.7. The molecule has 0 aliphatic heterocycles. The number of ketones is 1. The van der Waals surface area contributed by atoms with Crippen LogP contribution in [0.25, 0.3) is 10.9 Å². The average molecular weight is 409 g/mol. The molecular formula is C23H24N2O3S. The summed E-state index contributed by atoms with van der Waals surface area (Å²) in [6.07, 6.45) is 5.42. The van der Waals surface area contributed by atoms with E-state index in [4.69, 9.17) is 9.72 Å². The Hall–Kier alpha value is -2.60. The fraction of sp³-hybridized carbons (Fsp3) is 0.348. The molecule has 6 heteroatoms. The molecule has 1 aliphatic rings. The second kappa shape index (κ2) is 8.82. The Morgan fingerprint density at radius 1 is 1.14 bits per heavy atom. The summed E-state index contributed by atoms with van der Waals surface area (Å²) in [6.45, 7) is 0. The topological polar surface area (TPSA) is 61.2 Å². The van der Waals surface area contributed by atoms with Gasteiger partial charge in [-0.1, -0.05) is 55.3 Å². The summed E-state index contributed by atoms with van der Waals surface area (Å²) >= 11 is 1.35. The Morgan fingerprint density at radius 3 is 2.72 bits per heavy atom. The van der Waals surface area contributed by atoms with Crippen LogP contribution >= 0.6 is 11.8 Å². The van der Waals surface area contributed by atoms with Crippen molar-refractivity contribution in [3.05, 3.63) is 64.4 Å². The van der Waals surface area contributed by atoms with Gasteiger partial charge in [-0.25, -0.2) is 4.98 Å². The monoisotopic (exact) mass is 408 g/mol. The molecule has 0 spiro atoms. The van der Waals surface area contributed by atoms with Crippen LogP contribution in [-0.4, -0.2) is 28.2 Å². The first-order chi connectivity index (χ1) is 14.2. The highest BCUT2D eigenvalue weighted by Crippen LogP contribution is 2.31. The molecule has 1 heterocycles. The zero-order valence-electron chi connectivity index (χ0n) is 16.5. The van der Waals surface area contributed by atoms with Crippen LogP contribution in [0.4, 0.5) is 0 Å². The lowest BCUT2D eigenvalue weighted by Gasteiger charge is -2.26. The van der Waals surface area contributed by atoms with E-state index in [0.717, 1.165) is 25.7 Å². The predicted molar refractivity (Wildman–Crippen MR) is 116 cm³/mol. The van der Waals surface area contributed by atoms with Crippen LogP contribution in [0.2, 0.25) is 0 Å². The number of carbonyl (C=O) groups is 1. The van der Waals surface area contributed by atoms with Crippen LogP contribution in [0.15, 0.2) is 58.5 Å². The summed E-state index contributed by atoms with van der Waals surface area (Å²) in [5, 5.41) is 1.28. The van der Waals surface area contributed by atoms with Crippen molar-refractivity contribution in [1.29, 1.82) is 0 Å². The average Bonchev–Trinajstić information content (AvgIpc) is 2.78. The van der Waals surface area contributed by atoms with Gasteiger partial charge < -0.3 is 4.74 Å². The third kappa shape index (κ3) is 4.22. The molecule has 1 aliphatic carbocycles. The van der Waals surface area contributed by atoms with Gasteiger partial charge in [0.15, 0.2) is 10.9 Å². The van der Waals surface area contributed by atoms with Crippen molar-refractivity contribution in [2.45, 2.75) is 43.3 Å². The SMILES string of the molecule is COc1cccc(C(=O)CSc2nc3ccccc3c(=O)n2C2CCCCC2)c1. The van der Waals surface area contributed by atoms with Crippen molar-refractivity contribution in [3.63, 3.8) is 0 Å². The number of methoxy groups -OCH3 is 1. The number of Topliss-reactive ketones (excluding diaryl/α,β-unsaturated/α-hetero) is 1. The molecule has 1 fully saturated rings. The maximum Gasteiger partial charge on any atom is 0.262 e. The van der Waals surface area contributed by atoms with Gasteiger partial charge in [-0.15, -0.1) is 0 Å². The van der Waals surface area contributed by atoms with Gasteiger partial charge in [0.25, 0.3) is 5.56 Å². The van der Waals surface area contributed by atoms with Crippen LogP contribution < -0.4 is 10.3 Å². The van der Waals surface area contributed by atoms with E-state index in [1.54, 1.807) is 19.2 Å². The minimum atomic E-state index is -0.00787. The summed E-state index contributed by atoms with van der Waals surface area (Å²) in [5.41, 5.74) is 1.28. The second-order valence-corrected chi connectivity index (χ2v) is 8.26. The smallest absolute Gasteiger partial charge is 0.262 e. The van der Waals surface area contributed by atoms with E-state index in [-0.39, 0.29) is 23.1 Å². The number of carbonyl (C=O) groups excluding carboxylic acids is 1. The van der Waals surface area contributed by atoms with Gasteiger partial charge in [-0.05, 0) is 37.1 Å². The Morgan fingerprint density at radius 2 is 1.93 bits per heavy atom. The fourth-order valence-corrected chi connectivity index (χ4v) is 4.86. The van der Waals surface area contributed by atoms with Gasteiger partial charge in [0.05, 0.1) is 23.8 Å². The molecule has 0 atom stereocenters. The molecule has 3 aromatic rings. The van der Waals surface area contributed by atoms with Gasteiger partial charge in [-0.2, -0.15) is 0 Å². The van der Waals surface area contributed by atoms with E-state index in [0.29, 0.717) is 27.4 Å². The number of aromatic nitrogens is 2. The van der Waals surface area contributed by atoms with Gasteiger partial charge in [0.2, 0.25) is 0 Å². The number of thioether (sulfide) groups is 1. The highest BCUT2D eigenvalue weighted by atomic mass is 32.2. The number of benzene rings is 2. The molecule has 0 radical (unpaired) electrons. The normalized spacial score (nSPS) is 14.8. The molecule has 0 N–H and O–H groups in total. The molecule has 0 unspecified atom stereocenters. The maximum atomic E-state index is 13.3. The second-order valence-electron chi connectivity index (χ2n) is 7.32. The van der Waals surface area contributed by atoms with E-state index < -0.39 is 0 Å². The number of hydrogen-bond acceptors (Lipinski definition) is 5. The zero-order valence-corrected chi connectivity index (χ0v) is 17.3. The highest BCUT2D eigenvalue weighted by molar-refractivity contribution is 7.99. The van der Waals surface area contributed by atoms with Crippen LogP contribution in [0.5, 0.6) is 5.75 Å². The lowest BCUT2D eigenvalue weighted by Crippen LogP contribution is -2.29. The number of para-hydroxylation sites is 1. The molecule has 2 aromatic carbocycles. The van der Waals surface area contributed by atoms with Crippen molar-refractivity contribution < 1.29 is 9.53 Å². The molecule has 0 bridgehead atoms. The Balaban J connectivity index is 1.66. The van der Waals surface area contributed by atoms with Crippen LogP contribution in [-0.2, 0) is 0 Å². The first-order valence-electron chi connectivity index (χ1n) is 9.98. The van der Waals surface area contributed by atoms with Gasteiger partial charge in [0.1, 0.15) is 5.75 Å². The molecule has 4 rings (SSSR count). The number of nitrogens with zero attached hydrogens (tertiary/aromatic N) is 2. The lowest BCUT2D eigenvalue weighted by atomic mass is 9.95. The quantitative estimate of drug-likeness (QED) is 0.330. The molecule has 0 saturated heterocycles. The molecule has 150 valence electrons. The molecule has 1 aromatic heterocycles. The van der Waals surface area contributed by atoms with E-state index >= 15 is 0 Å². The van der Waals surface area contributed by atoms with Gasteiger partial charge >= 0.3 is 0 Å². The Kier molecular flexibility index (Phi) is 6.00. The van der Waals surface area contributed by atoms with E-state index in [2.05, 4.69) is 0 Å². The molecular weight excluding hydrogens is 384 g/mol. The van der Waals surface area contributed by atoms with Crippen molar-refractivity contribution in [3.8, 4) is 5.75 Å². The van der Waals surface area contributed by atoms with Gasteiger partial charge in [-0.3, -0.25) is 14.2 Å². The van der Waals surface area contributed by atoms with Crippen molar-refractivity contribution in [1.82, 2.24) is 9.55 Å². The lowest BCUT2D eigenvalue weighted by molar-refractivity contribution is 0.102. The number of ether oxygens (including phenoxy) is 1. The molecule has 5 nitrogen and oxygen atoms in total. The fourth-order valence-electron chi connectivity index (χ4n) is 3.90. The summed E-state index contributed by atoms with van der Waals surface area (Å²) in [6, 6.07) is 14.8. The van der Waals surface area contributed by atoms with E-state index in [1.165, 1.54) is 18.2 Å². The van der Waals surface area contributed by atoms with E-state index in [1.807, 2.05) is 41.0 Å². The van der Waals surface area contributed by atoms with Crippen LogP contribution in [0.3, 0.4) is 0 Å². The summed E-state index contributed by atoms with van der Waals surface area (Å²) in [7, 11) is 1.58. The minimum Gasteiger partial charge on any atom is -0.497 e. The minimum absolute atomic E-state index is 0.00108. The van der Waals surface area contributed by atoms with Crippen LogP contribution in [0.1, 0.15) is 48.5 Å². The third-order valence-corrected chi connectivity index (χ3v) is 6.39. The molecule has 1 saturated carbocycles. The first kappa shape index (κ1) is 19.7. The van der Waals surface area contributed by atoms with Crippen LogP contribution in [0, 0.1) is 0 Å². The number of hydrogen-bond donors (Lipinski definition) is 0. The third-order valence-electron chi connectivity index (χ3n) is 5.44. The molecule has 0 amide bonds. The van der Waals surface area contributed by atoms with Crippen molar-refractivity contribution in [2.75, 3.05) is 12.9 Å². The zero-order chi connectivity index (χ0) is 20.2. The van der Waals surface area contributed by atoms with E-state index in [9.17, 15) is 9.59 Å². The maximum absolute atomic E-state index is 13.3. The Labute approximate surface area is 174 Å². The predicted octanol–water partition coefficient (Wildman–Crippen LogP) is 4.89. The number of rotatable bonds is 6.